The number of aliphatic carboxylic acids is 1. The van der Waals surface area contributed by atoms with Gasteiger partial charge in [-0.15, -0.1) is 0 Å². The molecule has 30 heavy (non-hydrogen) atoms. The lowest BCUT2D eigenvalue weighted by Gasteiger charge is -2.60. The van der Waals surface area contributed by atoms with Crippen molar-refractivity contribution in [1.29, 1.82) is 0 Å². The third-order valence-corrected chi connectivity index (χ3v) is 7.86. The minimum Gasteiger partial charge on any atom is -0.478 e. The zero-order valence-electron chi connectivity index (χ0n) is 19.2. The number of aliphatic hydroxyl groups is 1. The van der Waals surface area contributed by atoms with E-state index in [1.54, 1.807) is 13.0 Å². The van der Waals surface area contributed by atoms with Crippen LogP contribution in [0, 0.1) is 22.7 Å². The number of aliphatic hydroxyl groups excluding tert-OH is 1. The smallest absolute Gasteiger partial charge is 0.333 e. The average Bonchev–Trinajstić information content (AvgIpc) is 2.68. The highest BCUT2D eigenvalue weighted by Gasteiger charge is 2.58. The molecule has 0 unspecified atom stereocenters. The summed E-state index contributed by atoms with van der Waals surface area (Å²) in [4.78, 5) is 23.4. The van der Waals surface area contributed by atoms with Gasteiger partial charge in [-0.05, 0) is 76.5 Å². The fourth-order valence-corrected chi connectivity index (χ4v) is 5.90. The van der Waals surface area contributed by atoms with Crippen LogP contribution in [0.25, 0.3) is 0 Å². The summed E-state index contributed by atoms with van der Waals surface area (Å²) < 4.78 is 5.88. The molecule has 0 spiro atoms. The van der Waals surface area contributed by atoms with E-state index in [9.17, 15) is 14.7 Å². The topological polar surface area (TPSA) is 83.8 Å². The maximum atomic E-state index is 12.4. The first kappa shape index (κ1) is 24.4. The van der Waals surface area contributed by atoms with Crippen LogP contribution in [0.3, 0.4) is 0 Å². The molecule has 2 saturated carbocycles. The molecule has 2 aliphatic carbocycles. The summed E-state index contributed by atoms with van der Waals surface area (Å²) >= 11 is 0. The van der Waals surface area contributed by atoms with Crippen LogP contribution < -0.4 is 0 Å². The van der Waals surface area contributed by atoms with Gasteiger partial charge in [0.1, 0.15) is 6.10 Å². The van der Waals surface area contributed by atoms with E-state index in [-0.39, 0.29) is 35.9 Å². The number of esters is 1. The van der Waals surface area contributed by atoms with Crippen LogP contribution in [0.2, 0.25) is 0 Å². The molecule has 5 heteroatoms. The number of fused-ring (bicyclic) bond motifs is 1. The third-order valence-electron chi connectivity index (χ3n) is 7.86. The molecule has 5 nitrogen and oxygen atoms in total. The van der Waals surface area contributed by atoms with E-state index < -0.39 is 11.4 Å². The van der Waals surface area contributed by atoms with Crippen molar-refractivity contribution in [3.63, 3.8) is 0 Å². The number of rotatable bonds is 7. The van der Waals surface area contributed by atoms with Crippen LogP contribution in [0.5, 0.6) is 0 Å². The van der Waals surface area contributed by atoms with Crippen LogP contribution in [0.15, 0.2) is 35.5 Å². The quantitative estimate of drug-likeness (QED) is 0.343. The molecule has 0 bridgehead atoms. The number of hydrogen-bond donors (Lipinski definition) is 2. The van der Waals surface area contributed by atoms with E-state index in [0.717, 1.165) is 31.3 Å². The van der Waals surface area contributed by atoms with Gasteiger partial charge >= 0.3 is 11.9 Å². The largest absolute Gasteiger partial charge is 0.478 e. The Morgan fingerprint density at radius 3 is 2.50 bits per heavy atom. The molecule has 0 aromatic rings. The van der Waals surface area contributed by atoms with Gasteiger partial charge < -0.3 is 14.9 Å². The Bertz CT molecular complexity index is 749. The maximum absolute atomic E-state index is 12.4. The lowest BCUT2D eigenvalue weighted by atomic mass is 9.46. The van der Waals surface area contributed by atoms with Crippen LogP contribution in [-0.2, 0) is 14.3 Å². The van der Waals surface area contributed by atoms with E-state index in [2.05, 4.69) is 20.4 Å². The molecule has 2 N–H and O–H groups in total. The van der Waals surface area contributed by atoms with Crippen molar-refractivity contribution in [3.05, 3.63) is 35.5 Å². The highest BCUT2D eigenvalue weighted by atomic mass is 16.5. The Kier molecular flexibility index (Phi) is 7.73. The highest BCUT2D eigenvalue weighted by Crippen LogP contribution is 2.62. The predicted molar refractivity (Wildman–Crippen MR) is 118 cm³/mol. The fourth-order valence-electron chi connectivity index (χ4n) is 5.90. The molecular weight excluding hydrogens is 380 g/mol. The Balaban J connectivity index is 2.28. The first-order chi connectivity index (χ1) is 14.0. The van der Waals surface area contributed by atoms with E-state index in [1.807, 2.05) is 13.8 Å². The predicted octanol–water partition coefficient (Wildman–Crippen LogP) is 5.06. The van der Waals surface area contributed by atoms with Gasteiger partial charge in [-0.25, -0.2) is 9.59 Å². The van der Waals surface area contributed by atoms with E-state index >= 15 is 0 Å². The molecule has 2 rings (SSSR count). The first-order valence-electron chi connectivity index (χ1n) is 11.0. The van der Waals surface area contributed by atoms with Crippen molar-refractivity contribution < 1.29 is 24.5 Å². The zero-order valence-corrected chi connectivity index (χ0v) is 19.2. The lowest BCUT2D eigenvalue weighted by molar-refractivity contribution is -0.184. The number of allylic oxidation sites excluding steroid dienone is 3. The maximum Gasteiger partial charge on any atom is 0.333 e. The summed E-state index contributed by atoms with van der Waals surface area (Å²) in [6.45, 7) is 14.1. The van der Waals surface area contributed by atoms with Crippen LogP contribution in [0.4, 0.5) is 0 Å². The van der Waals surface area contributed by atoms with Crippen molar-refractivity contribution in [3.8, 4) is 0 Å². The fraction of sp³-hybridized carbons (Fsp3) is 0.680. The second kappa shape index (κ2) is 9.51. The van der Waals surface area contributed by atoms with Gasteiger partial charge in [0.15, 0.2) is 0 Å². The van der Waals surface area contributed by atoms with Crippen molar-refractivity contribution in [1.82, 2.24) is 0 Å². The summed E-state index contributed by atoms with van der Waals surface area (Å²) in [5, 5.41) is 19.5. The number of carboxylic acids is 1. The van der Waals surface area contributed by atoms with Crippen LogP contribution in [-0.4, -0.2) is 34.9 Å². The Morgan fingerprint density at radius 1 is 1.27 bits per heavy atom. The van der Waals surface area contributed by atoms with Gasteiger partial charge in [-0.3, -0.25) is 0 Å². The molecular formula is C25H38O5. The minimum atomic E-state index is -0.911. The van der Waals surface area contributed by atoms with Gasteiger partial charge in [0.2, 0.25) is 0 Å². The number of ether oxygens (including phenoxy) is 1. The van der Waals surface area contributed by atoms with E-state index in [4.69, 9.17) is 9.84 Å². The molecule has 0 aliphatic heterocycles. The molecule has 0 radical (unpaired) electrons. The third kappa shape index (κ3) is 4.72. The van der Waals surface area contributed by atoms with Crippen molar-refractivity contribution in [2.24, 2.45) is 22.7 Å². The summed E-state index contributed by atoms with van der Waals surface area (Å²) in [7, 11) is 0. The van der Waals surface area contributed by atoms with Gasteiger partial charge in [-0.1, -0.05) is 37.6 Å². The number of carbonyl (C=O) groups excluding carboxylic acids is 1. The lowest BCUT2D eigenvalue weighted by Crippen LogP contribution is -2.58. The summed E-state index contributed by atoms with van der Waals surface area (Å²) in [5.74, 6) is -0.762. The van der Waals surface area contributed by atoms with Crippen molar-refractivity contribution in [2.75, 3.05) is 6.61 Å². The van der Waals surface area contributed by atoms with E-state index in [0.29, 0.717) is 18.4 Å². The van der Waals surface area contributed by atoms with Crippen molar-refractivity contribution >= 4 is 11.9 Å². The Morgan fingerprint density at radius 2 is 1.93 bits per heavy atom. The Labute approximate surface area is 180 Å². The second-order valence-corrected chi connectivity index (χ2v) is 9.74. The number of carbonyl (C=O) groups is 2. The second-order valence-electron chi connectivity index (χ2n) is 9.74. The molecule has 0 aromatic carbocycles. The SMILES string of the molecule is C=C1CC[C@H]2[C@](C)(CC[C@@H](OC(=O)/C(C)=C\C)[C@]2(C)CO)[C@@H]1CC/C(C)=C/C(=O)O. The van der Waals surface area contributed by atoms with Gasteiger partial charge in [0.25, 0.3) is 0 Å². The molecule has 0 amide bonds. The molecule has 0 aromatic heterocycles. The molecule has 5 atom stereocenters. The summed E-state index contributed by atoms with van der Waals surface area (Å²) in [6.07, 6.45) is 7.69. The molecule has 0 heterocycles. The molecule has 2 fully saturated rings. The van der Waals surface area contributed by atoms with Crippen LogP contribution >= 0.6 is 0 Å². The zero-order chi connectivity index (χ0) is 22.7. The molecule has 168 valence electrons. The Hall–Kier alpha value is -1.88. The number of hydrogen-bond acceptors (Lipinski definition) is 4. The monoisotopic (exact) mass is 418 g/mol. The van der Waals surface area contributed by atoms with Gasteiger partial charge in [-0.2, -0.15) is 0 Å². The average molecular weight is 419 g/mol. The summed E-state index contributed by atoms with van der Waals surface area (Å²) in [6, 6.07) is 0. The van der Waals surface area contributed by atoms with Gasteiger partial charge in [0, 0.05) is 17.1 Å². The van der Waals surface area contributed by atoms with Gasteiger partial charge in [0.05, 0.1) is 6.61 Å². The van der Waals surface area contributed by atoms with Crippen LogP contribution in [0.1, 0.15) is 73.1 Å². The number of carboxylic acid groups (broad SMARTS) is 1. The minimum absolute atomic E-state index is 0.0305. The van der Waals surface area contributed by atoms with Crippen molar-refractivity contribution in [2.45, 2.75) is 79.2 Å². The van der Waals surface area contributed by atoms with E-state index in [1.165, 1.54) is 11.6 Å². The highest BCUT2D eigenvalue weighted by molar-refractivity contribution is 5.87. The summed E-state index contributed by atoms with van der Waals surface area (Å²) in [5.41, 5.74) is 2.09. The first-order valence-corrected chi connectivity index (χ1v) is 11.0. The molecule has 0 saturated heterocycles. The molecule has 2 aliphatic rings. The normalized spacial score (nSPS) is 35.0. The standard InChI is InChI=1S/C25H38O5/c1-7-17(3)23(29)30-21-12-13-24(5)19(10-8-16(2)14-22(27)28)18(4)9-11-20(24)25(21,6)15-26/h7,14,19-21,26H,4,8-13,15H2,1-3,5-6H3,(H,27,28)/b16-14+,17-7-/t19-,20+,21-,24-,25-/m1/s1.